The van der Waals surface area contributed by atoms with Crippen molar-refractivity contribution in [3.8, 4) is 0 Å². The highest BCUT2D eigenvalue weighted by atomic mass is 32.2. The molecule has 7 nitrogen and oxygen atoms in total. The zero-order chi connectivity index (χ0) is 26.9. The van der Waals surface area contributed by atoms with E-state index in [4.69, 9.17) is 0 Å². The van der Waals surface area contributed by atoms with Gasteiger partial charge < -0.3 is 10.2 Å². The topological polar surface area (TPSA) is 86.8 Å². The van der Waals surface area contributed by atoms with Crippen molar-refractivity contribution in [1.82, 2.24) is 10.2 Å². The maximum Gasteiger partial charge on any atom is 0.242 e. The number of hydrogen-bond donors (Lipinski definition) is 1. The molecule has 0 aliphatic carbocycles. The van der Waals surface area contributed by atoms with Crippen LogP contribution in [0, 0.1) is 20.8 Å². The molecule has 0 aliphatic heterocycles. The molecule has 0 fully saturated rings. The molecule has 2 aromatic carbocycles. The van der Waals surface area contributed by atoms with Crippen LogP contribution >= 0.6 is 0 Å². The summed E-state index contributed by atoms with van der Waals surface area (Å²) >= 11 is 0. The summed E-state index contributed by atoms with van der Waals surface area (Å²) < 4.78 is 26.4. The lowest BCUT2D eigenvalue weighted by molar-refractivity contribution is -0.141. The SMILES string of the molecule is CCCNC(=O)[C@@H](CC)N(Cc1ccccc1C)C(=O)CCCN(c1ccc(C)c(C)c1)S(C)(=O)=O. The number of nitrogens with one attached hydrogen (secondary N) is 1. The van der Waals surface area contributed by atoms with Gasteiger partial charge in [0.25, 0.3) is 0 Å². The quantitative estimate of drug-likeness (QED) is 0.426. The van der Waals surface area contributed by atoms with Gasteiger partial charge in [-0.2, -0.15) is 0 Å². The molecule has 2 rings (SSSR count). The fourth-order valence-electron chi connectivity index (χ4n) is 4.14. The van der Waals surface area contributed by atoms with Crippen LogP contribution in [0.4, 0.5) is 5.69 Å². The standard InChI is InChI=1S/C28H41N3O4S/c1-7-17-29-28(33)26(8-2)30(20-24-13-10-9-12-22(24)4)27(32)14-11-18-31(36(6,34)35)25-16-15-21(3)23(5)19-25/h9-10,12-13,15-16,19,26H,7-8,11,14,17-18,20H2,1-6H3,(H,29,33)/t26-/m1/s1. The maximum absolute atomic E-state index is 13.5. The third-order valence-corrected chi connectivity index (χ3v) is 7.66. The van der Waals surface area contributed by atoms with Crippen LogP contribution in [-0.2, 0) is 26.2 Å². The highest BCUT2D eigenvalue weighted by molar-refractivity contribution is 7.92. The molecule has 0 saturated carbocycles. The molecule has 0 unspecified atom stereocenters. The third-order valence-electron chi connectivity index (χ3n) is 6.47. The fraction of sp³-hybridized carbons (Fsp3) is 0.500. The lowest BCUT2D eigenvalue weighted by Gasteiger charge is -2.31. The lowest BCUT2D eigenvalue weighted by atomic mass is 10.1. The van der Waals surface area contributed by atoms with E-state index in [0.29, 0.717) is 31.6 Å². The van der Waals surface area contributed by atoms with Gasteiger partial charge in [0.15, 0.2) is 0 Å². The van der Waals surface area contributed by atoms with E-state index in [9.17, 15) is 18.0 Å². The van der Waals surface area contributed by atoms with Crippen molar-refractivity contribution in [3.63, 3.8) is 0 Å². The molecule has 198 valence electrons. The molecule has 0 aliphatic rings. The molecule has 0 spiro atoms. The Labute approximate surface area is 216 Å². The van der Waals surface area contributed by atoms with Gasteiger partial charge in [0.1, 0.15) is 6.04 Å². The minimum Gasteiger partial charge on any atom is -0.354 e. The Morgan fingerprint density at radius 3 is 2.25 bits per heavy atom. The van der Waals surface area contributed by atoms with Gasteiger partial charge in [-0.3, -0.25) is 13.9 Å². The number of benzene rings is 2. The van der Waals surface area contributed by atoms with E-state index in [1.54, 1.807) is 11.0 Å². The van der Waals surface area contributed by atoms with E-state index in [0.717, 1.165) is 28.7 Å². The van der Waals surface area contributed by atoms with Crippen molar-refractivity contribution >= 4 is 27.5 Å². The highest BCUT2D eigenvalue weighted by Gasteiger charge is 2.29. The van der Waals surface area contributed by atoms with E-state index in [-0.39, 0.29) is 24.8 Å². The number of carbonyl (C=O) groups is 2. The number of carbonyl (C=O) groups excluding carboxylic acids is 2. The van der Waals surface area contributed by atoms with Crippen LogP contribution in [-0.4, -0.2) is 50.5 Å². The minimum atomic E-state index is -3.52. The second kappa shape index (κ2) is 13.4. The Kier molecular flexibility index (Phi) is 11.0. The Morgan fingerprint density at radius 1 is 0.972 bits per heavy atom. The van der Waals surface area contributed by atoms with Gasteiger partial charge in [0.05, 0.1) is 11.9 Å². The Morgan fingerprint density at radius 2 is 1.67 bits per heavy atom. The van der Waals surface area contributed by atoms with Crippen LogP contribution in [0.5, 0.6) is 0 Å². The van der Waals surface area contributed by atoms with E-state index < -0.39 is 16.1 Å². The Balaban J connectivity index is 2.23. The van der Waals surface area contributed by atoms with Crippen molar-refractivity contribution in [2.45, 2.75) is 72.9 Å². The molecule has 0 bridgehead atoms. The van der Waals surface area contributed by atoms with E-state index in [1.165, 1.54) is 10.6 Å². The molecular weight excluding hydrogens is 474 g/mol. The monoisotopic (exact) mass is 515 g/mol. The van der Waals surface area contributed by atoms with Crippen molar-refractivity contribution < 1.29 is 18.0 Å². The van der Waals surface area contributed by atoms with Crippen LogP contribution in [0.15, 0.2) is 42.5 Å². The molecule has 0 heterocycles. The zero-order valence-corrected chi connectivity index (χ0v) is 23.3. The van der Waals surface area contributed by atoms with Crippen LogP contribution in [0.25, 0.3) is 0 Å². The van der Waals surface area contributed by atoms with Crippen LogP contribution < -0.4 is 9.62 Å². The number of anilines is 1. The van der Waals surface area contributed by atoms with Crippen molar-refractivity contribution in [2.24, 2.45) is 0 Å². The van der Waals surface area contributed by atoms with Gasteiger partial charge in [-0.15, -0.1) is 0 Å². The number of nitrogens with zero attached hydrogens (tertiary/aromatic N) is 2. The number of amides is 2. The maximum atomic E-state index is 13.5. The normalized spacial score (nSPS) is 12.2. The van der Waals surface area contributed by atoms with Gasteiger partial charge >= 0.3 is 0 Å². The summed E-state index contributed by atoms with van der Waals surface area (Å²) in [6, 6.07) is 12.8. The Bertz CT molecular complexity index is 1150. The molecule has 1 N–H and O–H groups in total. The molecule has 2 amide bonds. The average Bonchev–Trinajstić information content (AvgIpc) is 2.82. The number of rotatable bonds is 13. The first-order valence-electron chi connectivity index (χ1n) is 12.7. The van der Waals surface area contributed by atoms with Gasteiger partial charge in [0.2, 0.25) is 21.8 Å². The molecule has 2 aromatic rings. The third kappa shape index (κ3) is 8.08. The second-order valence-electron chi connectivity index (χ2n) is 9.37. The number of sulfonamides is 1. The smallest absolute Gasteiger partial charge is 0.242 e. The molecule has 0 saturated heterocycles. The molecule has 36 heavy (non-hydrogen) atoms. The van der Waals surface area contributed by atoms with Crippen LogP contribution in [0.3, 0.4) is 0 Å². The highest BCUT2D eigenvalue weighted by Crippen LogP contribution is 2.23. The first-order valence-corrected chi connectivity index (χ1v) is 14.5. The van der Waals surface area contributed by atoms with E-state index in [2.05, 4.69) is 5.32 Å². The van der Waals surface area contributed by atoms with E-state index >= 15 is 0 Å². The fourth-order valence-corrected chi connectivity index (χ4v) is 5.10. The van der Waals surface area contributed by atoms with Gasteiger partial charge in [-0.1, -0.05) is 44.2 Å². The molecule has 1 atom stereocenters. The largest absolute Gasteiger partial charge is 0.354 e. The molecule has 0 aromatic heterocycles. The summed E-state index contributed by atoms with van der Waals surface area (Å²) in [5, 5.41) is 2.92. The summed E-state index contributed by atoms with van der Waals surface area (Å²) in [5.74, 6) is -0.320. The first-order chi connectivity index (χ1) is 17.0. The molecule has 8 heteroatoms. The van der Waals surface area contributed by atoms with E-state index in [1.807, 2.05) is 71.0 Å². The van der Waals surface area contributed by atoms with Crippen LogP contribution in [0.1, 0.15) is 61.8 Å². The van der Waals surface area contributed by atoms with Crippen molar-refractivity contribution in [3.05, 3.63) is 64.7 Å². The van der Waals surface area contributed by atoms with Crippen molar-refractivity contribution in [1.29, 1.82) is 0 Å². The average molecular weight is 516 g/mol. The second-order valence-corrected chi connectivity index (χ2v) is 11.3. The lowest BCUT2D eigenvalue weighted by Crippen LogP contribution is -2.49. The number of aryl methyl sites for hydroxylation is 3. The first kappa shape index (κ1) is 29.4. The minimum absolute atomic E-state index is 0.139. The summed E-state index contributed by atoms with van der Waals surface area (Å²) in [5.41, 5.74) is 4.72. The summed E-state index contributed by atoms with van der Waals surface area (Å²) in [7, 11) is -3.52. The molecular formula is C28H41N3O4S. The predicted molar refractivity (Wildman–Crippen MR) is 146 cm³/mol. The Hall–Kier alpha value is -2.87. The zero-order valence-electron chi connectivity index (χ0n) is 22.5. The van der Waals surface area contributed by atoms with Gasteiger partial charge in [-0.05, 0) is 74.4 Å². The van der Waals surface area contributed by atoms with Gasteiger partial charge in [-0.25, -0.2) is 8.42 Å². The number of hydrogen-bond acceptors (Lipinski definition) is 4. The summed E-state index contributed by atoms with van der Waals surface area (Å²) in [6.07, 6.45) is 2.97. The van der Waals surface area contributed by atoms with Crippen molar-refractivity contribution in [2.75, 3.05) is 23.7 Å². The van der Waals surface area contributed by atoms with Gasteiger partial charge in [0, 0.05) is 26.1 Å². The summed E-state index contributed by atoms with van der Waals surface area (Å²) in [6.45, 7) is 10.9. The molecule has 0 radical (unpaired) electrons. The predicted octanol–water partition coefficient (Wildman–Crippen LogP) is 4.49. The summed E-state index contributed by atoms with van der Waals surface area (Å²) in [4.78, 5) is 28.0. The van der Waals surface area contributed by atoms with Crippen LogP contribution in [0.2, 0.25) is 0 Å².